The zero-order valence-electron chi connectivity index (χ0n) is 11.1. The molecule has 0 aromatic heterocycles. The Bertz CT molecular complexity index is 253. The van der Waals surface area contributed by atoms with Gasteiger partial charge in [0.05, 0.1) is 20.1 Å². The second kappa shape index (κ2) is 5.85. The van der Waals surface area contributed by atoms with Crippen LogP contribution in [-0.2, 0) is 9.53 Å². The largest absolute Gasteiger partial charge is 0.458 e. The van der Waals surface area contributed by atoms with Gasteiger partial charge < -0.3 is 9.22 Å². The molecule has 0 atom stereocenters. The van der Waals surface area contributed by atoms with Crippen molar-refractivity contribution in [2.24, 2.45) is 0 Å². The van der Waals surface area contributed by atoms with Gasteiger partial charge >= 0.3 is 5.97 Å². The van der Waals surface area contributed by atoms with Crippen molar-refractivity contribution in [2.45, 2.75) is 57.5 Å². The van der Waals surface area contributed by atoms with Crippen LogP contribution in [0.4, 0.5) is 0 Å². The molecule has 1 saturated heterocycles. The number of quaternary nitrogens is 1. The van der Waals surface area contributed by atoms with E-state index in [1.54, 1.807) is 0 Å². The summed E-state index contributed by atoms with van der Waals surface area (Å²) in [6, 6.07) is 0. The molecular weight excluding hydrogens is 214 g/mol. The van der Waals surface area contributed by atoms with Crippen LogP contribution in [-0.4, -0.2) is 43.2 Å². The lowest BCUT2D eigenvalue weighted by Gasteiger charge is -2.37. The number of likely N-dealkylation sites (tertiary alicyclic amines) is 1. The van der Waals surface area contributed by atoms with Crippen LogP contribution in [0.3, 0.4) is 0 Å². The molecule has 2 fully saturated rings. The molecule has 0 aromatic carbocycles. The zero-order chi connectivity index (χ0) is 12.1. The Balaban J connectivity index is 1.75. The first-order valence-corrected chi connectivity index (χ1v) is 7.21. The predicted octanol–water partition coefficient (Wildman–Crippen LogP) is 2.49. The minimum Gasteiger partial charge on any atom is -0.458 e. The normalized spacial score (nSPS) is 25.5. The van der Waals surface area contributed by atoms with Crippen molar-refractivity contribution in [3.8, 4) is 0 Å². The Morgan fingerprint density at radius 3 is 2.29 bits per heavy atom. The molecule has 1 heterocycles. The Labute approximate surface area is 105 Å². The number of nitrogens with zero attached hydrogens (tertiary/aromatic N) is 1. The number of piperidine rings is 1. The van der Waals surface area contributed by atoms with Crippen molar-refractivity contribution < 1.29 is 14.0 Å². The van der Waals surface area contributed by atoms with Crippen molar-refractivity contribution in [3.63, 3.8) is 0 Å². The van der Waals surface area contributed by atoms with Gasteiger partial charge in [-0.3, -0.25) is 0 Å². The third-order valence-corrected chi connectivity index (χ3v) is 4.26. The van der Waals surface area contributed by atoms with Crippen LogP contribution in [0.5, 0.6) is 0 Å². The molecule has 0 bridgehead atoms. The smallest absolute Gasteiger partial charge is 0.362 e. The van der Waals surface area contributed by atoms with Crippen LogP contribution in [0.25, 0.3) is 0 Å². The average Bonchev–Trinajstić information content (AvgIpc) is 2.30. The number of rotatable bonds is 3. The van der Waals surface area contributed by atoms with E-state index in [0.29, 0.717) is 6.54 Å². The highest BCUT2D eigenvalue weighted by Crippen LogP contribution is 2.21. The molecule has 0 spiro atoms. The molecule has 1 saturated carbocycles. The molecule has 0 unspecified atom stereocenters. The number of esters is 1. The van der Waals surface area contributed by atoms with Gasteiger partial charge in [-0.25, -0.2) is 4.79 Å². The first-order valence-electron chi connectivity index (χ1n) is 7.21. The van der Waals surface area contributed by atoms with Crippen LogP contribution < -0.4 is 0 Å². The van der Waals surface area contributed by atoms with E-state index >= 15 is 0 Å². The third-order valence-electron chi connectivity index (χ3n) is 4.26. The standard InChI is InChI=1S/C14H26NO2/c1-15(10-6-3-7-11-15)12-14(16)17-13-8-4-2-5-9-13/h13H,2-12H2,1H3/q+1. The van der Waals surface area contributed by atoms with Crippen molar-refractivity contribution in [3.05, 3.63) is 0 Å². The highest BCUT2D eigenvalue weighted by molar-refractivity contribution is 5.70. The number of hydrogen-bond donors (Lipinski definition) is 0. The molecule has 1 aliphatic heterocycles. The topological polar surface area (TPSA) is 26.3 Å². The van der Waals surface area contributed by atoms with E-state index in [-0.39, 0.29) is 12.1 Å². The number of carbonyl (C=O) groups excluding carboxylic acids is 1. The van der Waals surface area contributed by atoms with E-state index in [9.17, 15) is 4.79 Å². The van der Waals surface area contributed by atoms with Crippen molar-refractivity contribution >= 4 is 5.97 Å². The van der Waals surface area contributed by atoms with Gasteiger partial charge in [-0.1, -0.05) is 6.42 Å². The lowest BCUT2D eigenvalue weighted by molar-refractivity contribution is -0.907. The molecule has 3 heteroatoms. The van der Waals surface area contributed by atoms with Gasteiger partial charge in [0.2, 0.25) is 0 Å². The van der Waals surface area contributed by atoms with Gasteiger partial charge in [0, 0.05) is 0 Å². The maximum Gasteiger partial charge on any atom is 0.362 e. The zero-order valence-corrected chi connectivity index (χ0v) is 11.1. The molecule has 2 aliphatic rings. The molecule has 3 nitrogen and oxygen atoms in total. The van der Waals surface area contributed by atoms with Gasteiger partial charge in [-0.05, 0) is 44.9 Å². The van der Waals surface area contributed by atoms with Gasteiger partial charge in [-0.2, -0.15) is 0 Å². The predicted molar refractivity (Wildman–Crippen MR) is 67.6 cm³/mol. The summed E-state index contributed by atoms with van der Waals surface area (Å²) in [4.78, 5) is 11.9. The van der Waals surface area contributed by atoms with Gasteiger partial charge in [0.15, 0.2) is 6.54 Å². The molecule has 1 aliphatic carbocycles. The summed E-state index contributed by atoms with van der Waals surface area (Å²) in [5.41, 5.74) is 0. The van der Waals surface area contributed by atoms with Crippen LogP contribution >= 0.6 is 0 Å². The fourth-order valence-corrected chi connectivity index (χ4v) is 3.15. The summed E-state index contributed by atoms with van der Waals surface area (Å²) >= 11 is 0. The number of hydrogen-bond acceptors (Lipinski definition) is 2. The highest BCUT2D eigenvalue weighted by Gasteiger charge is 2.29. The lowest BCUT2D eigenvalue weighted by atomic mass is 9.98. The maximum atomic E-state index is 11.9. The van der Waals surface area contributed by atoms with E-state index < -0.39 is 0 Å². The second-order valence-electron chi connectivity index (χ2n) is 6.04. The minimum atomic E-state index is 0.0290. The summed E-state index contributed by atoms with van der Waals surface area (Å²) in [6.07, 6.45) is 9.97. The fourth-order valence-electron chi connectivity index (χ4n) is 3.15. The van der Waals surface area contributed by atoms with E-state index in [4.69, 9.17) is 4.74 Å². The molecule has 98 valence electrons. The average molecular weight is 240 g/mol. The van der Waals surface area contributed by atoms with Crippen LogP contribution in [0.15, 0.2) is 0 Å². The number of ether oxygens (including phenoxy) is 1. The molecule has 0 radical (unpaired) electrons. The lowest BCUT2D eigenvalue weighted by Crippen LogP contribution is -2.51. The molecule has 0 aromatic rings. The van der Waals surface area contributed by atoms with E-state index in [1.807, 2.05) is 0 Å². The molecule has 0 amide bonds. The molecule has 2 rings (SSSR count). The monoisotopic (exact) mass is 240 g/mol. The Morgan fingerprint density at radius 1 is 1.06 bits per heavy atom. The molecule has 17 heavy (non-hydrogen) atoms. The van der Waals surface area contributed by atoms with Crippen LogP contribution in [0.1, 0.15) is 51.4 Å². The Kier molecular flexibility index (Phi) is 4.43. The van der Waals surface area contributed by atoms with Crippen LogP contribution in [0, 0.1) is 0 Å². The quantitative estimate of drug-likeness (QED) is 0.559. The summed E-state index contributed by atoms with van der Waals surface area (Å²) in [7, 11) is 2.20. The van der Waals surface area contributed by atoms with Crippen molar-refractivity contribution in [1.29, 1.82) is 0 Å². The SMILES string of the molecule is C[N+]1(CC(=O)OC2CCCCC2)CCCCC1. The van der Waals surface area contributed by atoms with Crippen molar-refractivity contribution in [1.82, 2.24) is 0 Å². The summed E-state index contributed by atoms with van der Waals surface area (Å²) in [5.74, 6) is 0.0290. The third kappa shape index (κ3) is 3.98. The van der Waals surface area contributed by atoms with Crippen molar-refractivity contribution in [2.75, 3.05) is 26.7 Å². The summed E-state index contributed by atoms with van der Waals surface area (Å²) in [6.45, 7) is 2.86. The first-order chi connectivity index (χ1) is 8.18. The fraction of sp³-hybridized carbons (Fsp3) is 0.929. The molecular formula is C14H26NO2+. The van der Waals surface area contributed by atoms with E-state index in [0.717, 1.165) is 30.4 Å². The number of carbonyl (C=O) groups is 1. The maximum absolute atomic E-state index is 11.9. The van der Waals surface area contributed by atoms with E-state index in [2.05, 4.69) is 7.05 Å². The van der Waals surface area contributed by atoms with Gasteiger partial charge in [-0.15, -0.1) is 0 Å². The number of likely N-dealkylation sites (N-methyl/N-ethyl adjacent to an activating group) is 1. The summed E-state index contributed by atoms with van der Waals surface area (Å²) < 4.78 is 6.50. The van der Waals surface area contributed by atoms with E-state index in [1.165, 1.54) is 38.5 Å². The van der Waals surface area contributed by atoms with Gasteiger partial charge in [0.25, 0.3) is 0 Å². The second-order valence-corrected chi connectivity index (χ2v) is 6.04. The van der Waals surface area contributed by atoms with Gasteiger partial charge in [0.1, 0.15) is 6.10 Å². The highest BCUT2D eigenvalue weighted by atomic mass is 16.5. The Hall–Kier alpha value is -0.570. The first kappa shape index (κ1) is 12.9. The van der Waals surface area contributed by atoms with Crippen LogP contribution in [0.2, 0.25) is 0 Å². The minimum absolute atomic E-state index is 0.0290. The summed E-state index contributed by atoms with van der Waals surface area (Å²) in [5, 5.41) is 0. The Morgan fingerprint density at radius 2 is 1.65 bits per heavy atom. The molecule has 0 N–H and O–H groups in total.